The van der Waals surface area contributed by atoms with Crippen molar-refractivity contribution in [3.05, 3.63) is 43.0 Å². The predicted octanol–water partition coefficient (Wildman–Crippen LogP) is 1.12. The lowest BCUT2D eigenvalue weighted by molar-refractivity contribution is -0.121. The first-order valence-corrected chi connectivity index (χ1v) is 8.39. The third-order valence-corrected chi connectivity index (χ3v) is 5.14. The summed E-state index contributed by atoms with van der Waals surface area (Å²) in [6.07, 6.45) is 0.0309. The number of amides is 2. The van der Waals surface area contributed by atoms with Crippen LogP contribution in [0.4, 0.5) is 4.79 Å². The number of aliphatic hydroxyl groups is 1. The Bertz CT molecular complexity index is 556. The van der Waals surface area contributed by atoms with Gasteiger partial charge in [0.1, 0.15) is 6.10 Å². The van der Waals surface area contributed by atoms with E-state index in [4.69, 9.17) is 9.47 Å². The Balaban J connectivity index is 1.69. The summed E-state index contributed by atoms with van der Waals surface area (Å²) in [5.41, 5.74) is 0. The van der Waals surface area contributed by atoms with Gasteiger partial charge < -0.3 is 25.2 Å². The molecule has 23 heavy (non-hydrogen) atoms. The molecule has 2 aliphatic rings. The van der Waals surface area contributed by atoms with Crippen molar-refractivity contribution in [2.45, 2.75) is 34.7 Å². The Labute approximate surface area is 139 Å². The van der Waals surface area contributed by atoms with Gasteiger partial charge in [-0.05, 0) is 12.1 Å². The van der Waals surface area contributed by atoms with Crippen LogP contribution in [0.1, 0.15) is 0 Å². The van der Waals surface area contributed by atoms with Gasteiger partial charge in [0.05, 0.1) is 24.0 Å². The zero-order valence-electron chi connectivity index (χ0n) is 12.6. The minimum atomic E-state index is -0.763. The van der Waals surface area contributed by atoms with Crippen LogP contribution in [-0.4, -0.2) is 54.1 Å². The number of hydrogen-bond acceptors (Lipinski definition) is 5. The van der Waals surface area contributed by atoms with E-state index < -0.39 is 18.4 Å². The van der Waals surface area contributed by atoms with Gasteiger partial charge in [0.25, 0.3) is 0 Å². The van der Waals surface area contributed by atoms with E-state index >= 15 is 0 Å². The summed E-state index contributed by atoms with van der Waals surface area (Å²) in [6, 6.07) is 8.89. The number of nitrogens with one attached hydrogen (secondary N) is 2. The van der Waals surface area contributed by atoms with Crippen molar-refractivity contribution >= 4 is 17.8 Å². The van der Waals surface area contributed by atoms with E-state index in [1.807, 2.05) is 30.3 Å². The highest BCUT2D eigenvalue weighted by Crippen LogP contribution is 2.38. The number of urea groups is 1. The molecule has 0 aromatic heterocycles. The fourth-order valence-electron chi connectivity index (χ4n) is 2.71. The SMILES string of the molecule is C=CCNC(=O)N[C@@H]1[C@H](O)[C@@H](Sc2ccccc2)[C@@H]2OC[C@@H]1O2. The Morgan fingerprint density at radius 1 is 1.43 bits per heavy atom. The number of ether oxygens (including phenoxy) is 2. The molecule has 5 atom stereocenters. The van der Waals surface area contributed by atoms with E-state index in [0.717, 1.165) is 4.90 Å². The first kappa shape index (κ1) is 16.3. The van der Waals surface area contributed by atoms with E-state index in [2.05, 4.69) is 17.2 Å². The number of rotatable bonds is 5. The number of fused-ring (bicyclic) bond motifs is 2. The topological polar surface area (TPSA) is 79.8 Å². The highest BCUT2D eigenvalue weighted by atomic mass is 32.2. The Kier molecular flexibility index (Phi) is 5.22. The third kappa shape index (κ3) is 3.69. The molecule has 124 valence electrons. The fourth-order valence-corrected chi connectivity index (χ4v) is 3.90. The van der Waals surface area contributed by atoms with Gasteiger partial charge >= 0.3 is 6.03 Å². The number of hydrogen-bond donors (Lipinski definition) is 3. The molecule has 2 bridgehead atoms. The maximum atomic E-state index is 11.9. The third-order valence-electron chi connectivity index (χ3n) is 3.83. The van der Waals surface area contributed by atoms with Gasteiger partial charge in [0.2, 0.25) is 0 Å². The molecule has 2 heterocycles. The zero-order chi connectivity index (χ0) is 16.2. The predicted molar refractivity (Wildman–Crippen MR) is 87.2 cm³/mol. The minimum Gasteiger partial charge on any atom is -0.389 e. The van der Waals surface area contributed by atoms with Crippen LogP contribution < -0.4 is 10.6 Å². The second-order valence-electron chi connectivity index (χ2n) is 5.43. The van der Waals surface area contributed by atoms with Crippen LogP contribution in [-0.2, 0) is 9.47 Å². The number of benzene rings is 1. The van der Waals surface area contributed by atoms with Gasteiger partial charge in [0, 0.05) is 11.4 Å². The molecule has 0 radical (unpaired) electrons. The van der Waals surface area contributed by atoms with Crippen LogP contribution in [0.2, 0.25) is 0 Å². The molecule has 3 rings (SSSR count). The molecule has 0 aliphatic carbocycles. The summed E-state index contributed by atoms with van der Waals surface area (Å²) >= 11 is 1.49. The average molecular weight is 336 g/mol. The summed E-state index contributed by atoms with van der Waals surface area (Å²) in [5.74, 6) is 0. The van der Waals surface area contributed by atoms with Gasteiger partial charge in [0.15, 0.2) is 6.29 Å². The Hall–Kier alpha value is -1.54. The lowest BCUT2D eigenvalue weighted by Gasteiger charge is -2.38. The summed E-state index contributed by atoms with van der Waals surface area (Å²) < 4.78 is 11.4. The van der Waals surface area contributed by atoms with E-state index in [9.17, 15) is 9.90 Å². The lowest BCUT2D eigenvalue weighted by atomic mass is 10.0. The number of thioether (sulfide) groups is 1. The van der Waals surface area contributed by atoms with Crippen LogP contribution in [0.3, 0.4) is 0 Å². The second-order valence-corrected chi connectivity index (χ2v) is 6.68. The van der Waals surface area contributed by atoms with E-state index in [-0.39, 0.29) is 17.4 Å². The fraction of sp³-hybridized carbons (Fsp3) is 0.438. The molecule has 1 aromatic carbocycles. The Morgan fingerprint density at radius 3 is 2.96 bits per heavy atom. The van der Waals surface area contributed by atoms with Crippen molar-refractivity contribution in [2.24, 2.45) is 0 Å². The first-order chi connectivity index (χ1) is 11.2. The van der Waals surface area contributed by atoms with Crippen LogP contribution >= 0.6 is 11.8 Å². The van der Waals surface area contributed by atoms with Crippen LogP contribution in [0, 0.1) is 0 Å². The van der Waals surface area contributed by atoms with Crippen LogP contribution in [0.5, 0.6) is 0 Å². The van der Waals surface area contributed by atoms with Crippen LogP contribution in [0.25, 0.3) is 0 Å². The molecule has 2 amide bonds. The maximum Gasteiger partial charge on any atom is 0.315 e. The Morgan fingerprint density at radius 2 is 2.22 bits per heavy atom. The second kappa shape index (κ2) is 7.35. The minimum absolute atomic E-state index is 0.305. The van der Waals surface area contributed by atoms with Crippen molar-refractivity contribution in [1.82, 2.24) is 10.6 Å². The molecule has 2 saturated heterocycles. The molecular weight excluding hydrogens is 316 g/mol. The average Bonchev–Trinajstić information content (AvgIpc) is 3.01. The first-order valence-electron chi connectivity index (χ1n) is 7.51. The zero-order valence-corrected chi connectivity index (χ0v) is 13.4. The number of carbonyl (C=O) groups is 1. The molecule has 1 aromatic rings. The van der Waals surface area contributed by atoms with Crippen molar-refractivity contribution in [3.8, 4) is 0 Å². The van der Waals surface area contributed by atoms with Crippen molar-refractivity contribution in [3.63, 3.8) is 0 Å². The molecule has 0 spiro atoms. The van der Waals surface area contributed by atoms with E-state index in [0.29, 0.717) is 13.2 Å². The van der Waals surface area contributed by atoms with Gasteiger partial charge in [-0.2, -0.15) is 0 Å². The number of carbonyl (C=O) groups excluding carboxylic acids is 1. The van der Waals surface area contributed by atoms with Crippen molar-refractivity contribution in [2.75, 3.05) is 13.2 Å². The smallest absolute Gasteiger partial charge is 0.315 e. The summed E-state index contributed by atoms with van der Waals surface area (Å²) in [7, 11) is 0. The summed E-state index contributed by atoms with van der Waals surface area (Å²) in [5, 5.41) is 15.8. The molecule has 2 aliphatic heterocycles. The van der Waals surface area contributed by atoms with Crippen molar-refractivity contribution < 1.29 is 19.4 Å². The molecule has 7 heteroatoms. The summed E-state index contributed by atoms with van der Waals surface area (Å²) in [6.45, 7) is 4.27. The molecule has 2 fully saturated rings. The van der Waals surface area contributed by atoms with Gasteiger partial charge in [-0.1, -0.05) is 24.3 Å². The van der Waals surface area contributed by atoms with E-state index in [1.54, 1.807) is 6.08 Å². The molecule has 6 nitrogen and oxygen atoms in total. The van der Waals surface area contributed by atoms with Gasteiger partial charge in [-0.25, -0.2) is 4.79 Å². The molecule has 0 saturated carbocycles. The maximum absolute atomic E-state index is 11.9. The highest BCUT2D eigenvalue weighted by molar-refractivity contribution is 8.00. The largest absolute Gasteiger partial charge is 0.389 e. The molecule has 3 N–H and O–H groups in total. The quantitative estimate of drug-likeness (QED) is 0.702. The summed E-state index contributed by atoms with van der Waals surface area (Å²) in [4.78, 5) is 12.9. The van der Waals surface area contributed by atoms with Gasteiger partial charge in [-0.15, -0.1) is 18.3 Å². The standard InChI is InChI=1S/C16H20N2O4S/c1-2-8-17-16(20)18-12-11-9-21-15(22-11)14(13(12)19)23-10-6-4-3-5-7-10/h2-7,11-15,19H,1,8-9H2,(H2,17,18,20)/t11-,12-,13-,14+,15+/m0/s1. The number of aliphatic hydroxyl groups excluding tert-OH is 1. The molecule has 0 unspecified atom stereocenters. The molecular formula is C16H20N2O4S. The van der Waals surface area contributed by atoms with Crippen LogP contribution in [0.15, 0.2) is 47.9 Å². The van der Waals surface area contributed by atoms with Gasteiger partial charge in [-0.3, -0.25) is 0 Å². The van der Waals surface area contributed by atoms with E-state index in [1.165, 1.54) is 11.8 Å². The van der Waals surface area contributed by atoms with Crippen molar-refractivity contribution in [1.29, 1.82) is 0 Å². The normalized spacial score (nSPS) is 32.3. The lowest BCUT2D eigenvalue weighted by Crippen LogP contribution is -2.61. The monoisotopic (exact) mass is 336 g/mol. The highest BCUT2D eigenvalue weighted by Gasteiger charge is 2.51.